The Morgan fingerprint density at radius 1 is 1.03 bits per heavy atom. The van der Waals surface area contributed by atoms with Crippen molar-refractivity contribution in [1.29, 1.82) is 0 Å². The first-order valence-electron chi connectivity index (χ1n) is 11.3. The molecule has 1 unspecified atom stereocenters. The molecule has 2 amide bonds. The van der Waals surface area contributed by atoms with Crippen LogP contribution in [-0.4, -0.2) is 81.1 Å². The molecule has 164 valence electrons. The summed E-state index contributed by atoms with van der Waals surface area (Å²) in [6.07, 6.45) is 3.80. The van der Waals surface area contributed by atoms with Crippen molar-refractivity contribution in [1.82, 2.24) is 15.1 Å². The van der Waals surface area contributed by atoms with E-state index in [9.17, 15) is 9.59 Å². The van der Waals surface area contributed by atoms with Crippen LogP contribution in [0.4, 0.5) is 5.69 Å². The number of nitrogens with zero attached hydrogens (tertiary/aromatic N) is 3. The molecule has 1 atom stereocenters. The highest BCUT2D eigenvalue weighted by Gasteiger charge is 2.38. The topological polar surface area (TPSA) is 65.1 Å². The lowest BCUT2D eigenvalue weighted by Crippen LogP contribution is -2.47. The highest BCUT2D eigenvalue weighted by molar-refractivity contribution is 6.03. The van der Waals surface area contributed by atoms with Crippen LogP contribution < -0.4 is 15.0 Å². The van der Waals surface area contributed by atoms with E-state index in [1.807, 2.05) is 18.2 Å². The third-order valence-electron chi connectivity index (χ3n) is 6.51. The van der Waals surface area contributed by atoms with E-state index in [1.165, 1.54) is 17.7 Å². The SMILES string of the molecule is COc1ccccc1N1CCN(CCCN2C(=O)CC(CNCC3CC3)C2=O)CC1. The van der Waals surface area contributed by atoms with Gasteiger partial charge in [-0.25, -0.2) is 0 Å². The number of nitrogens with one attached hydrogen (secondary N) is 1. The zero-order valence-corrected chi connectivity index (χ0v) is 18.0. The first-order valence-corrected chi connectivity index (χ1v) is 11.3. The monoisotopic (exact) mass is 414 g/mol. The highest BCUT2D eigenvalue weighted by Crippen LogP contribution is 2.29. The number of methoxy groups -OCH3 is 1. The van der Waals surface area contributed by atoms with Crippen molar-refractivity contribution in [2.45, 2.75) is 25.7 Å². The van der Waals surface area contributed by atoms with Gasteiger partial charge in [0.1, 0.15) is 5.75 Å². The van der Waals surface area contributed by atoms with Gasteiger partial charge >= 0.3 is 0 Å². The van der Waals surface area contributed by atoms with Crippen LogP contribution in [0.5, 0.6) is 5.75 Å². The van der Waals surface area contributed by atoms with Gasteiger partial charge in [-0.3, -0.25) is 19.4 Å². The molecule has 3 aliphatic rings. The predicted molar refractivity (Wildman–Crippen MR) is 117 cm³/mol. The fourth-order valence-electron chi connectivity index (χ4n) is 4.49. The summed E-state index contributed by atoms with van der Waals surface area (Å²) in [4.78, 5) is 31.2. The number of para-hydroxylation sites is 2. The van der Waals surface area contributed by atoms with Gasteiger partial charge in [0.05, 0.1) is 18.7 Å². The Kier molecular flexibility index (Phi) is 6.89. The van der Waals surface area contributed by atoms with E-state index >= 15 is 0 Å². The summed E-state index contributed by atoms with van der Waals surface area (Å²) in [6, 6.07) is 8.14. The number of imide groups is 1. The van der Waals surface area contributed by atoms with Crippen LogP contribution in [0.15, 0.2) is 24.3 Å². The second-order valence-electron chi connectivity index (χ2n) is 8.74. The minimum atomic E-state index is -0.166. The Morgan fingerprint density at radius 2 is 1.80 bits per heavy atom. The van der Waals surface area contributed by atoms with Gasteiger partial charge in [0.25, 0.3) is 0 Å². The van der Waals surface area contributed by atoms with E-state index in [1.54, 1.807) is 7.11 Å². The second-order valence-corrected chi connectivity index (χ2v) is 8.74. The van der Waals surface area contributed by atoms with Crippen molar-refractivity contribution < 1.29 is 14.3 Å². The van der Waals surface area contributed by atoms with Crippen molar-refractivity contribution in [3.8, 4) is 5.75 Å². The summed E-state index contributed by atoms with van der Waals surface area (Å²) < 4.78 is 5.49. The fourth-order valence-corrected chi connectivity index (χ4v) is 4.49. The van der Waals surface area contributed by atoms with Crippen LogP contribution in [0.25, 0.3) is 0 Å². The molecule has 4 rings (SSSR count). The number of rotatable bonds is 10. The molecule has 1 aromatic rings. The molecular formula is C23H34N4O3. The number of hydrogen-bond acceptors (Lipinski definition) is 6. The number of hydrogen-bond donors (Lipinski definition) is 1. The summed E-state index contributed by atoms with van der Waals surface area (Å²) in [5.74, 6) is 1.55. The number of anilines is 1. The molecule has 7 heteroatoms. The van der Waals surface area contributed by atoms with E-state index in [0.29, 0.717) is 19.5 Å². The molecule has 0 bridgehead atoms. The maximum absolute atomic E-state index is 12.6. The lowest BCUT2D eigenvalue weighted by atomic mass is 10.1. The average Bonchev–Trinajstić information content (AvgIpc) is 3.56. The molecule has 1 N–H and O–H groups in total. The molecule has 1 aromatic carbocycles. The Morgan fingerprint density at radius 3 is 2.53 bits per heavy atom. The predicted octanol–water partition coefficient (Wildman–Crippen LogP) is 1.58. The molecule has 0 aromatic heterocycles. The second kappa shape index (κ2) is 9.79. The quantitative estimate of drug-likeness (QED) is 0.587. The number of likely N-dealkylation sites (tertiary alicyclic amines) is 1. The van der Waals surface area contributed by atoms with Gasteiger partial charge in [-0.2, -0.15) is 0 Å². The van der Waals surface area contributed by atoms with Gasteiger partial charge in [-0.05, 0) is 50.4 Å². The first kappa shape index (κ1) is 21.1. The van der Waals surface area contributed by atoms with E-state index in [2.05, 4.69) is 21.2 Å². The Balaban J connectivity index is 1.17. The Hall–Kier alpha value is -2.12. The third-order valence-corrected chi connectivity index (χ3v) is 6.51. The van der Waals surface area contributed by atoms with E-state index in [0.717, 1.165) is 63.0 Å². The number of piperazine rings is 1. The Labute approximate surface area is 179 Å². The maximum atomic E-state index is 12.6. The zero-order valence-electron chi connectivity index (χ0n) is 18.0. The van der Waals surface area contributed by atoms with Crippen LogP contribution in [0.2, 0.25) is 0 Å². The number of carbonyl (C=O) groups is 2. The normalized spacial score (nSPS) is 22.8. The van der Waals surface area contributed by atoms with Gasteiger partial charge in [-0.1, -0.05) is 12.1 Å². The molecule has 2 aliphatic heterocycles. The molecule has 2 heterocycles. The lowest BCUT2D eigenvalue weighted by Gasteiger charge is -2.36. The molecule has 1 aliphatic carbocycles. The highest BCUT2D eigenvalue weighted by atomic mass is 16.5. The first-order chi connectivity index (χ1) is 14.7. The molecule has 0 radical (unpaired) electrons. The largest absolute Gasteiger partial charge is 0.495 e. The third kappa shape index (κ3) is 5.13. The van der Waals surface area contributed by atoms with Gasteiger partial charge in [0.2, 0.25) is 11.8 Å². The summed E-state index contributed by atoms with van der Waals surface area (Å²) in [7, 11) is 1.71. The standard InChI is InChI=1S/C23H34N4O3/c1-30-21-6-3-2-5-20(21)26-13-11-25(12-14-26)9-4-10-27-22(28)15-19(23(27)29)17-24-16-18-7-8-18/h2-3,5-6,18-19,24H,4,7-17H2,1H3. The van der Waals surface area contributed by atoms with Gasteiger partial charge < -0.3 is 15.0 Å². The molecule has 0 spiro atoms. The van der Waals surface area contributed by atoms with Crippen LogP contribution in [-0.2, 0) is 9.59 Å². The van der Waals surface area contributed by atoms with Gasteiger partial charge in [0.15, 0.2) is 0 Å². The van der Waals surface area contributed by atoms with Crippen molar-refractivity contribution >= 4 is 17.5 Å². The lowest BCUT2D eigenvalue weighted by molar-refractivity contribution is -0.139. The van der Waals surface area contributed by atoms with E-state index in [4.69, 9.17) is 4.74 Å². The van der Waals surface area contributed by atoms with E-state index in [-0.39, 0.29) is 17.7 Å². The molecule has 3 fully saturated rings. The molecule has 30 heavy (non-hydrogen) atoms. The Bertz CT molecular complexity index is 744. The van der Waals surface area contributed by atoms with Crippen molar-refractivity contribution in [2.75, 3.05) is 64.4 Å². The van der Waals surface area contributed by atoms with Crippen molar-refractivity contribution in [3.05, 3.63) is 24.3 Å². The minimum absolute atomic E-state index is 0.000728. The summed E-state index contributed by atoms with van der Waals surface area (Å²) in [5.41, 5.74) is 1.15. The van der Waals surface area contributed by atoms with Crippen molar-refractivity contribution in [2.24, 2.45) is 11.8 Å². The van der Waals surface area contributed by atoms with Gasteiger partial charge in [0, 0.05) is 45.7 Å². The van der Waals surface area contributed by atoms with Crippen molar-refractivity contribution in [3.63, 3.8) is 0 Å². The minimum Gasteiger partial charge on any atom is -0.495 e. The summed E-state index contributed by atoms with van der Waals surface area (Å²) in [5, 5.41) is 3.37. The summed E-state index contributed by atoms with van der Waals surface area (Å²) in [6.45, 7) is 6.96. The van der Waals surface area contributed by atoms with Crippen LogP contribution in [0.3, 0.4) is 0 Å². The zero-order chi connectivity index (χ0) is 20.9. The average molecular weight is 415 g/mol. The number of amides is 2. The number of benzene rings is 1. The fraction of sp³-hybridized carbons (Fsp3) is 0.652. The summed E-state index contributed by atoms with van der Waals surface area (Å²) >= 11 is 0. The number of carbonyl (C=O) groups excluding carboxylic acids is 2. The maximum Gasteiger partial charge on any atom is 0.234 e. The molecular weight excluding hydrogens is 380 g/mol. The number of ether oxygens (including phenoxy) is 1. The van der Waals surface area contributed by atoms with E-state index < -0.39 is 0 Å². The van der Waals surface area contributed by atoms with Crippen LogP contribution in [0.1, 0.15) is 25.7 Å². The smallest absolute Gasteiger partial charge is 0.234 e. The van der Waals surface area contributed by atoms with Crippen LogP contribution >= 0.6 is 0 Å². The van der Waals surface area contributed by atoms with Gasteiger partial charge in [-0.15, -0.1) is 0 Å². The molecule has 2 saturated heterocycles. The molecule has 1 saturated carbocycles. The molecule has 7 nitrogen and oxygen atoms in total. The van der Waals surface area contributed by atoms with Crippen LogP contribution in [0, 0.1) is 11.8 Å².